The SMILES string of the molecule is c1ccc2c(c1)ccc1n[s+][se]c12. The van der Waals surface area contributed by atoms with Gasteiger partial charge >= 0.3 is 84.6 Å². The summed E-state index contributed by atoms with van der Waals surface area (Å²) in [5.41, 5.74) is 1.18. The second kappa shape index (κ2) is 2.88. The first-order chi connectivity index (χ1) is 6.45. The molecule has 0 radical (unpaired) electrons. The summed E-state index contributed by atoms with van der Waals surface area (Å²) in [5.74, 6) is 0. The molecule has 0 atom stereocenters. The number of hydrogen-bond acceptors (Lipinski definition) is 1. The zero-order chi connectivity index (χ0) is 8.67. The minimum atomic E-state index is 0.482. The van der Waals surface area contributed by atoms with Crippen molar-refractivity contribution in [3.63, 3.8) is 0 Å². The molecule has 1 nitrogen and oxygen atoms in total. The predicted molar refractivity (Wildman–Crippen MR) is 58.5 cm³/mol. The van der Waals surface area contributed by atoms with Crippen molar-refractivity contribution in [3.8, 4) is 0 Å². The Morgan fingerprint density at radius 1 is 1.08 bits per heavy atom. The fourth-order valence-electron chi connectivity index (χ4n) is 1.49. The number of benzene rings is 2. The Morgan fingerprint density at radius 3 is 3.00 bits per heavy atom. The van der Waals surface area contributed by atoms with E-state index in [0.717, 1.165) is 0 Å². The molecule has 3 heteroatoms. The van der Waals surface area contributed by atoms with Crippen molar-refractivity contribution in [1.82, 2.24) is 4.37 Å². The monoisotopic (exact) mass is 252 g/mol. The molecule has 3 rings (SSSR count). The van der Waals surface area contributed by atoms with Gasteiger partial charge in [0.25, 0.3) is 0 Å². The van der Waals surface area contributed by atoms with Gasteiger partial charge in [-0.2, -0.15) is 0 Å². The average Bonchev–Trinajstić information content (AvgIpc) is 2.65. The fourth-order valence-corrected chi connectivity index (χ4v) is 5.08. The number of aromatic nitrogens is 1. The van der Waals surface area contributed by atoms with Crippen LogP contribution in [0.25, 0.3) is 20.5 Å². The van der Waals surface area contributed by atoms with Gasteiger partial charge in [-0.3, -0.25) is 0 Å². The van der Waals surface area contributed by atoms with Crippen molar-refractivity contribution in [3.05, 3.63) is 36.4 Å². The van der Waals surface area contributed by atoms with Gasteiger partial charge in [-0.15, -0.1) is 0 Å². The van der Waals surface area contributed by atoms with E-state index in [9.17, 15) is 0 Å². The molecule has 0 saturated heterocycles. The van der Waals surface area contributed by atoms with Crippen LogP contribution in [-0.2, 0) is 0 Å². The topological polar surface area (TPSA) is 12.9 Å². The molecule has 0 aliphatic carbocycles. The van der Waals surface area contributed by atoms with Gasteiger partial charge in [-0.25, -0.2) is 0 Å². The van der Waals surface area contributed by atoms with Crippen LogP contribution >= 0.6 is 9.91 Å². The molecule has 1 aromatic heterocycles. The van der Waals surface area contributed by atoms with E-state index in [-0.39, 0.29) is 0 Å². The first kappa shape index (κ1) is 7.63. The van der Waals surface area contributed by atoms with Crippen LogP contribution in [0.5, 0.6) is 0 Å². The van der Waals surface area contributed by atoms with E-state index < -0.39 is 0 Å². The van der Waals surface area contributed by atoms with Crippen molar-refractivity contribution in [2.24, 2.45) is 0 Å². The molecule has 2 aromatic carbocycles. The van der Waals surface area contributed by atoms with Gasteiger partial charge in [0.1, 0.15) is 0 Å². The van der Waals surface area contributed by atoms with E-state index >= 15 is 0 Å². The van der Waals surface area contributed by atoms with Gasteiger partial charge in [0, 0.05) is 0 Å². The zero-order valence-electron chi connectivity index (χ0n) is 6.73. The third-order valence-corrected chi connectivity index (χ3v) is 5.51. The summed E-state index contributed by atoms with van der Waals surface area (Å²) in [5, 5.41) is 2.72. The standard InChI is InChI=1S/C10H6NSSe/c1-2-4-8-7(3-1)5-6-9-10(8)13-12-11-9/h1-6H/q+1. The summed E-state index contributed by atoms with van der Waals surface area (Å²) in [6.45, 7) is 0. The molecule has 0 bridgehead atoms. The molecular formula is C10H6NSSe+. The third-order valence-electron chi connectivity index (χ3n) is 2.12. The minimum absolute atomic E-state index is 0.482. The molecule has 0 fully saturated rings. The van der Waals surface area contributed by atoms with Crippen LogP contribution in [0.4, 0.5) is 0 Å². The van der Waals surface area contributed by atoms with E-state index in [1.165, 1.54) is 20.5 Å². The number of fused-ring (bicyclic) bond motifs is 3. The maximum absolute atomic E-state index is 4.39. The molecule has 0 N–H and O–H groups in total. The molecule has 13 heavy (non-hydrogen) atoms. The van der Waals surface area contributed by atoms with Gasteiger partial charge in [0.2, 0.25) is 0 Å². The third kappa shape index (κ3) is 1.12. The van der Waals surface area contributed by atoms with Crippen molar-refractivity contribution >= 4 is 43.8 Å². The summed E-state index contributed by atoms with van der Waals surface area (Å²) >= 11 is 0.482. The van der Waals surface area contributed by atoms with E-state index in [1.807, 2.05) is 0 Å². The molecule has 0 unspecified atom stereocenters. The van der Waals surface area contributed by atoms with Gasteiger partial charge in [0.15, 0.2) is 0 Å². The van der Waals surface area contributed by atoms with Crippen LogP contribution in [-0.4, -0.2) is 17.7 Å². The summed E-state index contributed by atoms with van der Waals surface area (Å²) in [7, 11) is 1.71. The molecule has 0 amide bonds. The summed E-state index contributed by atoms with van der Waals surface area (Å²) in [4.78, 5) is 0. The van der Waals surface area contributed by atoms with Crippen LogP contribution < -0.4 is 0 Å². The van der Waals surface area contributed by atoms with Crippen LogP contribution in [0.3, 0.4) is 0 Å². The number of rotatable bonds is 0. The second-order valence-corrected chi connectivity index (χ2v) is 6.23. The summed E-state index contributed by atoms with van der Waals surface area (Å²) < 4.78 is 5.85. The fraction of sp³-hybridized carbons (Fsp3) is 0. The maximum atomic E-state index is 4.39. The number of nitrogens with zero attached hydrogens (tertiary/aromatic N) is 1. The van der Waals surface area contributed by atoms with Crippen molar-refractivity contribution < 1.29 is 0 Å². The molecular weight excluding hydrogens is 245 g/mol. The molecule has 0 aliphatic heterocycles. The molecule has 0 aliphatic rings. The average molecular weight is 251 g/mol. The summed E-state index contributed by atoms with van der Waals surface area (Å²) in [6.07, 6.45) is 0. The van der Waals surface area contributed by atoms with Gasteiger partial charge in [-0.1, -0.05) is 0 Å². The Balaban J connectivity index is 2.65. The predicted octanol–water partition coefficient (Wildman–Crippen LogP) is 2.79. The quantitative estimate of drug-likeness (QED) is 0.442. The number of hydrogen-bond donors (Lipinski definition) is 0. The Morgan fingerprint density at radius 2 is 2.00 bits per heavy atom. The Kier molecular flexibility index (Phi) is 1.69. The van der Waals surface area contributed by atoms with Crippen molar-refractivity contribution in [2.45, 2.75) is 0 Å². The van der Waals surface area contributed by atoms with Crippen molar-refractivity contribution in [1.29, 1.82) is 0 Å². The van der Waals surface area contributed by atoms with E-state index in [0.29, 0.717) is 13.3 Å². The molecule has 0 saturated carbocycles. The van der Waals surface area contributed by atoms with Gasteiger partial charge in [-0.05, 0) is 0 Å². The van der Waals surface area contributed by atoms with Crippen LogP contribution in [0.15, 0.2) is 36.4 Å². The normalized spacial score (nSPS) is 11.1. The van der Waals surface area contributed by atoms with Crippen LogP contribution in [0.2, 0.25) is 0 Å². The van der Waals surface area contributed by atoms with Crippen molar-refractivity contribution in [2.75, 3.05) is 0 Å². The van der Waals surface area contributed by atoms with Crippen LogP contribution in [0, 0.1) is 0 Å². The van der Waals surface area contributed by atoms with E-state index in [2.05, 4.69) is 40.8 Å². The van der Waals surface area contributed by atoms with Crippen LogP contribution in [0.1, 0.15) is 0 Å². The molecule has 1 heterocycles. The molecule has 3 aromatic rings. The Labute approximate surface area is 84.6 Å². The Bertz CT molecular complexity index is 573. The Hall–Kier alpha value is -0.761. The van der Waals surface area contributed by atoms with E-state index in [4.69, 9.17) is 0 Å². The second-order valence-electron chi connectivity index (χ2n) is 2.88. The summed E-state index contributed by atoms with van der Waals surface area (Å²) in [6, 6.07) is 12.8. The van der Waals surface area contributed by atoms with Gasteiger partial charge in [0.05, 0.1) is 0 Å². The first-order valence-corrected chi connectivity index (χ1v) is 7.67. The first-order valence-electron chi connectivity index (χ1n) is 4.02. The van der Waals surface area contributed by atoms with Gasteiger partial charge < -0.3 is 0 Å². The zero-order valence-corrected chi connectivity index (χ0v) is 9.26. The molecule has 62 valence electrons. The van der Waals surface area contributed by atoms with E-state index in [1.54, 1.807) is 9.91 Å². The molecule has 0 spiro atoms.